The van der Waals surface area contributed by atoms with Crippen molar-refractivity contribution in [1.29, 1.82) is 0 Å². The van der Waals surface area contributed by atoms with Gasteiger partial charge in [0.25, 0.3) is 0 Å². The number of hydrogen-bond acceptors (Lipinski definition) is 0. The lowest BCUT2D eigenvalue weighted by atomic mass is 9.82. The molecule has 5 heteroatoms. The lowest BCUT2D eigenvalue weighted by Gasteiger charge is -2.27. The van der Waals surface area contributed by atoms with Gasteiger partial charge < -0.3 is 4.32 Å². The van der Waals surface area contributed by atoms with Gasteiger partial charge in [0, 0.05) is 5.56 Å². The van der Waals surface area contributed by atoms with E-state index in [9.17, 15) is 13.1 Å². The fraction of sp³-hybridized carbons (Fsp3) is 0.0526. The van der Waals surface area contributed by atoms with Crippen molar-refractivity contribution in [1.82, 2.24) is 0 Å². The van der Waals surface area contributed by atoms with E-state index in [2.05, 4.69) is 0 Å². The number of hydrogen-bond donors (Lipinski definition) is 0. The zero-order valence-electron chi connectivity index (χ0n) is 13.0. The van der Waals surface area contributed by atoms with Gasteiger partial charge in [-0.05, 0) is 17.2 Å². The Morgan fingerprint density at radius 2 is 1.08 bits per heavy atom. The minimum Gasteiger partial charge on any atom is -0.347 e. The first-order valence-corrected chi connectivity index (χ1v) is 7.26. The number of rotatable bonds is 3. The van der Waals surface area contributed by atoms with Gasteiger partial charge in [-0.2, -0.15) is 0 Å². The van der Waals surface area contributed by atoms with Gasteiger partial charge in [-0.1, -0.05) is 72.8 Å². The molecular formula is C19H15BF4. The molecule has 3 rings (SSSR count). The molecule has 3 aromatic rings. The molecule has 122 valence electrons. The van der Waals surface area contributed by atoms with Crippen molar-refractivity contribution in [3.05, 3.63) is 107 Å². The standard InChI is InChI=1S/C19H13F3.BFH2/c20-17-13-7-12-16(18(17)21)19(22,14-8-3-1-4-9-14)15-10-5-2-6-11-15;1-2/h1-13H;1H2. The second-order valence-electron chi connectivity index (χ2n) is 4.99. The highest BCUT2D eigenvalue weighted by atomic mass is 19.2. The van der Waals surface area contributed by atoms with E-state index >= 15 is 4.39 Å². The predicted molar refractivity (Wildman–Crippen MR) is 89.9 cm³/mol. The van der Waals surface area contributed by atoms with Crippen molar-refractivity contribution in [3.8, 4) is 0 Å². The lowest BCUT2D eigenvalue weighted by Crippen LogP contribution is -2.25. The number of alkyl halides is 1. The van der Waals surface area contributed by atoms with E-state index in [0.717, 1.165) is 6.07 Å². The van der Waals surface area contributed by atoms with Gasteiger partial charge >= 0.3 is 8.12 Å². The molecule has 0 aromatic heterocycles. The molecule has 0 aliphatic rings. The smallest absolute Gasteiger partial charge is 0.314 e. The highest BCUT2D eigenvalue weighted by Gasteiger charge is 2.39. The van der Waals surface area contributed by atoms with Crippen molar-refractivity contribution >= 4 is 8.12 Å². The maximum atomic E-state index is 16.0. The summed E-state index contributed by atoms with van der Waals surface area (Å²) in [4.78, 5) is 0. The molecule has 3 aromatic carbocycles. The van der Waals surface area contributed by atoms with E-state index in [0.29, 0.717) is 8.12 Å². The fourth-order valence-electron chi connectivity index (χ4n) is 2.58. The summed E-state index contributed by atoms with van der Waals surface area (Å²) in [6.07, 6.45) is 0. The van der Waals surface area contributed by atoms with Crippen LogP contribution in [0.4, 0.5) is 17.5 Å². The monoisotopic (exact) mass is 330 g/mol. The number of benzene rings is 3. The Morgan fingerprint density at radius 1 is 0.625 bits per heavy atom. The molecule has 0 fully saturated rings. The summed E-state index contributed by atoms with van der Waals surface area (Å²) in [5.74, 6) is -2.23. The van der Waals surface area contributed by atoms with Crippen LogP contribution in [0.15, 0.2) is 78.9 Å². The Labute approximate surface area is 139 Å². The SMILES string of the molecule is BF.Fc1cccc(C(F)(c2ccccc2)c2ccccc2)c1F. The third-order valence-electron chi connectivity index (χ3n) is 3.67. The minimum absolute atomic E-state index is 0.255. The van der Waals surface area contributed by atoms with Crippen LogP contribution >= 0.6 is 0 Å². The summed E-state index contributed by atoms with van der Waals surface area (Å²) in [6.45, 7) is 0. The minimum atomic E-state index is -2.26. The zero-order chi connectivity index (χ0) is 17.6. The van der Waals surface area contributed by atoms with Crippen molar-refractivity contribution < 1.29 is 17.5 Å². The maximum absolute atomic E-state index is 16.0. The summed E-state index contributed by atoms with van der Waals surface area (Å²) in [5.41, 5.74) is -2.07. The third-order valence-corrected chi connectivity index (χ3v) is 3.67. The van der Waals surface area contributed by atoms with Crippen molar-refractivity contribution in [2.24, 2.45) is 0 Å². The Morgan fingerprint density at radius 3 is 1.54 bits per heavy atom. The molecule has 0 spiro atoms. The molecule has 0 saturated heterocycles. The summed E-state index contributed by atoms with van der Waals surface area (Å²) < 4.78 is 53.4. The first kappa shape index (κ1) is 17.8. The van der Waals surface area contributed by atoms with Crippen LogP contribution in [-0.4, -0.2) is 8.12 Å². The van der Waals surface area contributed by atoms with Crippen LogP contribution in [0, 0.1) is 11.6 Å². The molecule has 0 amide bonds. The van der Waals surface area contributed by atoms with Gasteiger partial charge in [-0.15, -0.1) is 0 Å². The molecule has 0 radical (unpaired) electrons. The first-order chi connectivity index (χ1) is 11.6. The molecule has 0 saturated carbocycles. The topological polar surface area (TPSA) is 0 Å². The van der Waals surface area contributed by atoms with E-state index in [4.69, 9.17) is 0 Å². The predicted octanol–water partition coefficient (Wildman–Crippen LogP) is 4.73. The molecule has 24 heavy (non-hydrogen) atoms. The fourth-order valence-corrected chi connectivity index (χ4v) is 2.58. The van der Waals surface area contributed by atoms with E-state index < -0.39 is 17.3 Å². The molecule has 0 heterocycles. The number of halogens is 4. The Bertz CT molecular complexity index is 736. The van der Waals surface area contributed by atoms with E-state index in [1.54, 1.807) is 60.7 Å². The van der Waals surface area contributed by atoms with Gasteiger partial charge in [-0.25, -0.2) is 13.2 Å². The average molecular weight is 330 g/mol. The quantitative estimate of drug-likeness (QED) is 0.370. The average Bonchev–Trinajstić information content (AvgIpc) is 2.66. The summed E-state index contributed by atoms with van der Waals surface area (Å²) in [5, 5.41) is 0. The van der Waals surface area contributed by atoms with E-state index in [1.165, 1.54) is 12.1 Å². The second kappa shape index (κ2) is 7.82. The normalized spacial score (nSPS) is 10.7. The van der Waals surface area contributed by atoms with E-state index in [1.807, 2.05) is 0 Å². The molecular weight excluding hydrogens is 315 g/mol. The zero-order valence-corrected chi connectivity index (χ0v) is 13.0. The molecule has 0 N–H and O–H groups in total. The van der Waals surface area contributed by atoms with Crippen molar-refractivity contribution in [2.75, 3.05) is 0 Å². The molecule has 0 unspecified atom stereocenters. The largest absolute Gasteiger partial charge is 0.347 e. The molecule has 0 bridgehead atoms. The Balaban J connectivity index is 0.00000100. The Kier molecular flexibility index (Phi) is 5.80. The summed E-state index contributed by atoms with van der Waals surface area (Å²) >= 11 is 0. The van der Waals surface area contributed by atoms with Crippen LogP contribution in [0.5, 0.6) is 0 Å². The highest BCUT2D eigenvalue weighted by Crippen LogP contribution is 2.41. The first-order valence-electron chi connectivity index (χ1n) is 7.26. The lowest BCUT2D eigenvalue weighted by molar-refractivity contribution is 0.268. The van der Waals surface area contributed by atoms with Crippen LogP contribution in [0.1, 0.15) is 16.7 Å². The molecule has 0 aliphatic heterocycles. The summed E-state index contributed by atoms with van der Waals surface area (Å²) in [7, 11) is 0.500. The van der Waals surface area contributed by atoms with Crippen LogP contribution in [0.25, 0.3) is 0 Å². The molecule has 0 aliphatic carbocycles. The van der Waals surface area contributed by atoms with Gasteiger partial charge in [0.05, 0.1) is 0 Å². The van der Waals surface area contributed by atoms with Gasteiger partial charge in [0.1, 0.15) is 0 Å². The third kappa shape index (κ3) is 3.20. The van der Waals surface area contributed by atoms with Crippen LogP contribution in [-0.2, 0) is 5.67 Å². The van der Waals surface area contributed by atoms with Crippen LogP contribution in [0.2, 0.25) is 0 Å². The molecule has 0 nitrogen and oxygen atoms in total. The summed E-state index contributed by atoms with van der Waals surface area (Å²) in [6, 6.07) is 20.0. The van der Waals surface area contributed by atoms with Crippen molar-refractivity contribution in [2.45, 2.75) is 5.67 Å². The molecule has 0 atom stereocenters. The van der Waals surface area contributed by atoms with Crippen LogP contribution < -0.4 is 0 Å². The van der Waals surface area contributed by atoms with E-state index in [-0.39, 0.29) is 16.7 Å². The second-order valence-corrected chi connectivity index (χ2v) is 4.99. The van der Waals surface area contributed by atoms with Crippen molar-refractivity contribution in [3.63, 3.8) is 0 Å². The highest BCUT2D eigenvalue weighted by molar-refractivity contribution is 5.96. The van der Waals surface area contributed by atoms with Gasteiger partial charge in [-0.3, -0.25) is 0 Å². The van der Waals surface area contributed by atoms with Gasteiger partial charge in [0.2, 0.25) is 0 Å². The Hall–Kier alpha value is -2.56. The van der Waals surface area contributed by atoms with Gasteiger partial charge in [0.15, 0.2) is 17.3 Å². The van der Waals surface area contributed by atoms with Crippen LogP contribution in [0.3, 0.4) is 0 Å². The maximum Gasteiger partial charge on any atom is 0.314 e.